The van der Waals surface area contributed by atoms with Crippen LogP contribution in [0, 0.1) is 11.2 Å². The van der Waals surface area contributed by atoms with Crippen molar-refractivity contribution < 1.29 is 28.6 Å². The van der Waals surface area contributed by atoms with Gasteiger partial charge >= 0.3 is 5.97 Å². The second kappa shape index (κ2) is 11.8. The van der Waals surface area contributed by atoms with Crippen molar-refractivity contribution in [1.82, 2.24) is 4.98 Å². The van der Waals surface area contributed by atoms with Crippen molar-refractivity contribution >= 4 is 57.6 Å². The number of nitrogens with one attached hydrogen (secondary N) is 1. The van der Waals surface area contributed by atoms with Crippen LogP contribution in [-0.4, -0.2) is 36.2 Å². The molecule has 1 atom stereocenters. The van der Waals surface area contributed by atoms with Crippen LogP contribution >= 0.6 is 34.5 Å². The molecule has 38 heavy (non-hydrogen) atoms. The molecular weight excluding hydrogens is 554 g/mol. The Labute approximate surface area is 234 Å². The maximum Gasteiger partial charge on any atom is 0.331 e. The smallest absolute Gasteiger partial charge is 0.331 e. The topological polar surface area (TPSA) is 97.8 Å². The third kappa shape index (κ3) is 6.35. The van der Waals surface area contributed by atoms with Crippen LogP contribution in [0.3, 0.4) is 0 Å². The van der Waals surface area contributed by atoms with E-state index < -0.39 is 23.8 Å². The van der Waals surface area contributed by atoms with Gasteiger partial charge < -0.3 is 14.6 Å². The van der Waals surface area contributed by atoms with Crippen LogP contribution in [0.25, 0.3) is 17.3 Å². The average Bonchev–Trinajstić information content (AvgIpc) is 3.24. The van der Waals surface area contributed by atoms with E-state index in [1.165, 1.54) is 39.4 Å². The molecule has 0 bridgehead atoms. The fourth-order valence-electron chi connectivity index (χ4n) is 3.85. The van der Waals surface area contributed by atoms with Crippen LogP contribution in [0.4, 0.5) is 9.52 Å². The third-order valence-corrected chi connectivity index (χ3v) is 7.19. The Morgan fingerprint density at radius 2 is 1.82 bits per heavy atom. The van der Waals surface area contributed by atoms with Gasteiger partial charge in [0.15, 0.2) is 5.13 Å². The normalized spacial score (nSPS) is 12.8. The number of hydrogen-bond donors (Lipinski definition) is 2. The average molecular weight is 581 g/mol. The Kier molecular flexibility index (Phi) is 9.20. The lowest BCUT2D eigenvalue weighted by Crippen LogP contribution is -2.21. The molecule has 0 radical (unpaired) electrons. The number of hydrogen-bond acceptors (Lipinski definition) is 6. The molecule has 0 spiro atoms. The molecule has 0 saturated carbocycles. The molecule has 3 aromatic rings. The second-order valence-electron chi connectivity index (χ2n) is 9.49. The van der Waals surface area contributed by atoms with E-state index >= 15 is 4.39 Å². The van der Waals surface area contributed by atoms with E-state index in [2.05, 4.69) is 10.3 Å². The molecule has 2 aromatic carbocycles. The van der Waals surface area contributed by atoms with E-state index in [1.807, 2.05) is 20.8 Å². The molecule has 1 heterocycles. The lowest BCUT2D eigenvalue weighted by Gasteiger charge is -2.30. The van der Waals surface area contributed by atoms with Gasteiger partial charge in [0.25, 0.3) is 5.91 Å². The summed E-state index contributed by atoms with van der Waals surface area (Å²) in [7, 11) is 2.97. The Balaban J connectivity index is 1.95. The number of amides is 1. The number of carboxylic acids is 1. The van der Waals surface area contributed by atoms with E-state index in [-0.39, 0.29) is 48.5 Å². The molecule has 7 nitrogen and oxygen atoms in total. The van der Waals surface area contributed by atoms with Crippen molar-refractivity contribution in [2.24, 2.45) is 5.41 Å². The number of carboxylic acid groups (broad SMARTS) is 1. The largest absolute Gasteiger partial charge is 0.486 e. The Morgan fingerprint density at radius 1 is 1.18 bits per heavy atom. The lowest BCUT2D eigenvalue weighted by atomic mass is 9.83. The molecule has 0 aliphatic carbocycles. The number of nitrogens with zero attached hydrogens (tertiary/aromatic N) is 1. The standard InChI is InChI=1S/C27H27Cl2FN2O5S/c1-13(24(34)35)10-17-18(28)11-14(12-19(17)29)23(33)32-26-31-21(25(37-6)38-26)15-8-7-9-16(20(15)30)22(36-5)27(2,3)4/h7-12,22H,1-6H3,(H,34,35)(H,31,32,33)/b13-10+. The summed E-state index contributed by atoms with van der Waals surface area (Å²) in [5.74, 6) is -2.18. The molecule has 0 fully saturated rings. The van der Waals surface area contributed by atoms with Crippen molar-refractivity contribution in [2.75, 3.05) is 19.5 Å². The van der Waals surface area contributed by atoms with Crippen LogP contribution in [0.1, 0.15) is 55.3 Å². The van der Waals surface area contributed by atoms with Gasteiger partial charge in [0.1, 0.15) is 11.5 Å². The maximum absolute atomic E-state index is 15.7. The monoisotopic (exact) mass is 580 g/mol. The van der Waals surface area contributed by atoms with E-state index in [1.54, 1.807) is 18.2 Å². The first-order valence-corrected chi connectivity index (χ1v) is 12.9. The number of thiazole rings is 1. The lowest BCUT2D eigenvalue weighted by molar-refractivity contribution is -0.132. The van der Waals surface area contributed by atoms with Crippen LogP contribution in [0.15, 0.2) is 35.9 Å². The highest BCUT2D eigenvalue weighted by molar-refractivity contribution is 7.18. The summed E-state index contributed by atoms with van der Waals surface area (Å²) in [4.78, 5) is 28.5. The zero-order valence-corrected chi connectivity index (χ0v) is 23.9. The highest BCUT2D eigenvalue weighted by Gasteiger charge is 2.30. The summed E-state index contributed by atoms with van der Waals surface area (Å²) in [6.07, 6.45) is 0.821. The quantitative estimate of drug-likeness (QED) is 0.264. The number of aliphatic carboxylic acids is 1. The van der Waals surface area contributed by atoms with Gasteiger partial charge in [0, 0.05) is 34.9 Å². The second-order valence-corrected chi connectivity index (χ2v) is 11.3. The minimum absolute atomic E-state index is 0.0315. The molecule has 0 saturated heterocycles. The molecule has 1 unspecified atom stereocenters. The number of ether oxygens (including phenoxy) is 2. The van der Waals surface area contributed by atoms with Crippen LogP contribution in [0.5, 0.6) is 5.06 Å². The maximum atomic E-state index is 15.7. The first-order chi connectivity index (χ1) is 17.8. The zero-order valence-electron chi connectivity index (χ0n) is 21.6. The molecule has 1 amide bonds. The summed E-state index contributed by atoms with van der Waals surface area (Å²) in [6, 6.07) is 7.72. The number of benzene rings is 2. The van der Waals surface area contributed by atoms with Gasteiger partial charge in [-0.3, -0.25) is 10.1 Å². The molecule has 2 N–H and O–H groups in total. The van der Waals surface area contributed by atoms with Gasteiger partial charge in [-0.2, -0.15) is 0 Å². The number of anilines is 1. The van der Waals surface area contributed by atoms with Crippen molar-refractivity contribution in [2.45, 2.75) is 33.8 Å². The number of carbonyl (C=O) groups is 2. The third-order valence-electron chi connectivity index (χ3n) is 5.63. The number of aromatic nitrogens is 1. The summed E-state index contributed by atoms with van der Waals surface area (Å²) < 4.78 is 26.7. The van der Waals surface area contributed by atoms with E-state index in [0.29, 0.717) is 10.6 Å². The van der Waals surface area contributed by atoms with Crippen LogP contribution in [-0.2, 0) is 9.53 Å². The molecule has 11 heteroatoms. The highest BCUT2D eigenvalue weighted by atomic mass is 35.5. The fourth-order valence-corrected chi connectivity index (χ4v) is 5.24. The van der Waals surface area contributed by atoms with Crippen LogP contribution in [0.2, 0.25) is 10.0 Å². The first kappa shape index (κ1) is 29.6. The number of carbonyl (C=O) groups excluding carboxylic acids is 1. The van der Waals surface area contributed by atoms with E-state index in [0.717, 1.165) is 11.3 Å². The number of methoxy groups -OCH3 is 2. The van der Waals surface area contributed by atoms with E-state index in [9.17, 15) is 9.59 Å². The summed E-state index contributed by atoms with van der Waals surface area (Å²) in [5.41, 5.74) is 0.901. The Morgan fingerprint density at radius 3 is 2.34 bits per heavy atom. The van der Waals surface area contributed by atoms with Crippen molar-refractivity contribution in [3.05, 3.63) is 68.5 Å². The Hall–Kier alpha value is -2.98. The van der Waals surface area contributed by atoms with Crippen molar-refractivity contribution in [1.29, 1.82) is 0 Å². The van der Waals surface area contributed by atoms with Gasteiger partial charge in [-0.1, -0.05) is 67.4 Å². The predicted molar refractivity (Wildman–Crippen MR) is 149 cm³/mol. The summed E-state index contributed by atoms with van der Waals surface area (Å²) in [5, 5.41) is 12.4. The minimum Gasteiger partial charge on any atom is -0.486 e. The molecule has 0 aliphatic heterocycles. The predicted octanol–water partition coefficient (Wildman–Crippen LogP) is 7.74. The number of rotatable bonds is 8. The van der Waals surface area contributed by atoms with Gasteiger partial charge in [0.2, 0.25) is 5.06 Å². The summed E-state index contributed by atoms with van der Waals surface area (Å²) in [6.45, 7) is 7.27. The Bertz CT molecular complexity index is 1390. The highest BCUT2D eigenvalue weighted by Crippen LogP contribution is 2.43. The SMILES string of the molecule is COc1sc(NC(=O)c2cc(Cl)c(/C=C(\C)C(=O)O)c(Cl)c2)nc1-c1cccc(C(OC)C(C)(C)C)c1F. The van der Waals surface area contributed by atoms with Crippen molar-refractivity contribution in [3.8, 4) is 16.3 Å². The zero-order chi connectivity index (χ0) is 28.4. The van der Waals surface area contributed by atoms with Gasteiger partial charge in [-0.05, 0) is 36.6 Å². The summed E-state index contributed by atoms with van der Waals surface area (Å²) >= 11 is 13.6. The molecule has 0 aliphatic rings. The van der Waals surface area contributed by atoms with Gasteiger partial charge in [0.05, 0.1) is 23.3 Å². The van der Waals surface area contributed by atoms with E-state index in [4.69, 9.17) is 37.8 Å². The molecular formula is C27H27Cl2FN2O5S. The molecule has 202 valence electrons. The van der Waals surface area contributed by atoms with Crippen molar-refractivity contribution in [3.63, 3.8) is 0 Å². The number of halogens is 3. The molecule has 1 aromatic heterocycles. The molecule has 3 rings (SSSR count). The minimum atomic E-state index is -1.12. The first-order valence-electron chi connectivity index (χ1n) is 11.4. The van der Waals surface area contributed by atoms with Crippen LogP contribution < -0.4 is 10.1 Å². The van der Waals surface area contributed by atoms with Gasteiger partial charge in [-0.25, -0.2) is 14.2 Å². The van der Waals surface area contributed by atoms with Gasteiger partial charge in [-0.15, -0.1) is 0 Å². The fraction of sp³-hybridized carbons (Fsp3) is 0.296.